The number of rotatable bonds is 0. The summed E-state index contributed by atoms with van der Waals surface area (Å²) in [5, 5.41) is 0. The van der Waals surface area contributed by atoms with Gasteiger partial charge in [0.25, 0.3) is 0 Å². The molecule has 0 saturated heterocycles. The third kappa shape index (κ3) is 0.808. The molecule has 10 heavy (non-hydrogen) atoms. The fourth-order valence-corrected chi connectivity index (χ4v) is 2.19. The summed E-state index contributed by atoms with van der Waals surface area (Å²) in [6.45, 7) is 2.14. The maximum absolute atomic E-state index is 11.2. The first kappa shape index (κ1) is 6.14. The van der Waals surface area contributed by atoms with Gasteiger partial charge in [-0.2, -0.15) is 0 Å². The van der Waals surface area contributed by atoms with E-state index in [1.165, 1.54) is 5.57 Å². The van der Waals surface area contributed by atoms with E-state index in [0.717, 1.165) is 19.3 Å². The number of ketones is 1. The van der Waals surface area contributed by atoms with Crippen LogP contribution in [0, 0.1) is 11.8 Å². The molecular weight excluding hydrogens is 124 g/mol. The first-order valence-electron chi connectivity index (χ1n) is 3.95. The number of allylic oxidation sites excluding steroid dienone is 2. The van der Waals surface area contributed by atoms with Crippen molar-refractivity contribution in [3.05, 3.63) is 11.6 Å². The molecule has 2 atom stereocenters. The largest absolute Gasteiger partial charge is 0.299 e. The van der Waals surface area contributed by atoms with Crippen molar-refractivity contribution in [1.82, 2.24) is 0 Å². The zero-order chi connectivity index (χ0) is 7.14. The summed E-state index contributed by atoms with van der Waals surface area (Å²) in [5.41, 5.74) is 1.42. The highest BCUT2D eigenvalue weighted by Crippen LogP contribution is 2.38. The van der Waals surface area contributed by atoms with Crippen LogP contribution in [-0.2, 0) is 4.79 Å². The Hall–Kier alpha value is -0.590. The SMILES string of the molecule is CC1=CC2CC(=O)C(C1)C2. The van der Waals surface area contributed by atoms with Crippen molar-refractivity contribution in [2.45, 2.75) is 26.2 Å². The van der Waals surface area contributed by atoms with Crippen LogP contribution in [0.4, 0.5) is 0 Å². The van der Waals surface area contributed by atoms with E-state index in [9.17, 15) is 4.79 Å². The minimum atomic E-state index is 0.398. The van der Waals surface area contributed by atoms with Gasteiger partial charge in [0.15, 0.2) is 0 Å². The van der Waals surface area contributed by atoms with Crippen LogP contribution in [0.15, 0.2) is 11.6 Å². The van der Waals surface area contributed by atoms with Gasteiger partial charge in [-0.1, -0.05) is 11.6 Å². The highest BCUT2D eigenvalue weighted by atomic mass is 16.1. The van der Waals surface area contributed by atoms with Gasteiger partial charge in [0, 0.05) is 12.3 Å². The Labute approximate surface area is 61.1 Å². The summed E-state index contributed by atoms with van der Waals surface area (Å²) in [6, 6.07) is 0. The van der Waals surface area contributed by atoms with Crippen molar-refractivity contribution in [2.75, 3.05) is 0 Å². The second-order valence-electron chi connectivity index (χ2n) is 3.58. The Morgan fingerprint density at radius 2 is 2.30 bits per heavy atom. The third-order valence-corrected chi connectivity index (χ3v) is 2.59. The Kier molecular flexibility index (Phi) is 1.19. The van der Waals surface area contributed by atoms with Gasteiger partial charge < -0.3 is 0 Å². The topological polar surface area (TPSA) is 17.1 Å². The van der Waals surface area contributed by atoms with Gasteiger partial charge in [0.1, 0.15) is 5.78 Å². The van der Waals surface area contributed by atoms with Crippen LogP contribution in [0.2, 0.25) is 0 Å². The third-order valence-electron chi connectivity index (χ3n) is 2.59. The zero-order valence-electron chi connectivity index (χ0n) is 6.26. The van der Waals surface area contributed by atoms with Gasteiger partial charge in [0.2, 0.25) is 0 Å². The number of carbonyl (C=O) groups excluding carboxylic acids is 1. The maximum Gasteiger partial charge on any atom is 0.136 e. The molecule has 2 rings (SSSR count). The summed E-state index contributed by atoms with van der Waals surface area (Å²) in [4.78, 5) is 11.2. The molecule has 0 aliphatic heterocycles. The molecular formula is C9H12O. The molecule has 0 N–H and O–H groups in total. The molecule has 1 saturated carbocycles. The first-order valence-corrected chi connectivity index (χ1v) is 3.95. The second-order valence-corrected chi connectivity index (χ2v) is 3.58. The van der Waals surface area contributed by atoms with E-state index in [4.69, 9.17) is 0 Å². The molecule has 54 valence electrons. The molecule has 0 amide bonds. The summed E-state index contributed by atoms with van der Waals surface area (Å²) in [6.07, 6.45) is 5.27. The molecule has 2 aliphatic rings. The van der Waals surface area contributed by atoms with Gasteiger partial charge in [0.05, 0.1) is 0 Å². The standard InChI is InChI=1S/C9H12O/c1-6-2-7-4-8(3-6)9(10)5-7/h2,7-8H,3-5H2,1H3. The highest BCUT2D eigenvalue weighted by molar-refractivity contribution is 5.84. The zero-order valence-corrected chi connectivity index (χ0v) is 6.26. The first-order chi connectivity index (χ1) is 4.75. The lowest BCUT2D eigenvalue weighted by Crippen LogP contribution is -2.07. The molecule has 0 spiro atoms. The van der Waals surface area contributed by atoms with E-state index in [1.807, 2.05) is 0 Å². The fourth-order valence-electron chi connectivity index (χ4n) is 2.19. The molecule has 1 fully saturated rings. The average molecular weight is 136 g/mol. The van der Waals surface area contributed by atoms with E-state index in [1.54, 1.807) is 0 Å². The molecule has 2 unspecified atom stereocenters. The van der Waals surface area contributed by atoms with E-state index in [0.29, 0.717) is 17.6 Å². The number of Topliss-reactive ketones (excluding diaryl/α,β-unsaturated/α-hetero) is 1. The molecule has 2 aliphatic carbocycles. The molecule has 0 aromatic rings. The molecule has 1 heteroatoms. The van der Waals surface area contributed by atoms with Crippen molar-refractivity contribution < 1.29 is 4.79 Å². The van der Waals surface area contributed by atoms with Gasteiger partial charge in [-0.15, -0.1) is 0 Å². The summed E-state index contributed by atoms with van der Waals surface area (Å²) < 4.78 is 0. The predicted molar refractivity (Wildman–Crippen MR) is 39.6 cm³/mol. The summed E-state index contributed by atoms with van der Waals surface area (Å²) in [5.74, 6) is 1.50. The van der Waals surface area contributed by atoms with Crippen LogP contribution in [0.1, 0.15) is 26.2 Å². The predicted octanol–water partition coefficient (Wildman–Crippen LogP) is 1.93. The lowest BCUT2D eigenvalue weighted by atomic mass is 9.90. The number of fused-ring (bicyclic) bond motifs is 2. The Morgan fingerprint density at radius 3 is 3.00 bits per heavy atom. The van der Waals surface area contributed by atoms with E-state index in [2.05, 4.69) is 13.0 Å². The lowest BCUT2D eigenvalue weighted by Gasteiger charge is -2.14. The normalized spacial score (nSPS) is 38.1. The second kappa shape index (κ2) is 1.94. The summed E-state index contributed by atoms with van der Waals surface area (Å²) >= 11 is 0. The highest BCUT2D eigenvalue weighted by Gasteiger charge is 2.34. The van der Waals surface area contributed by atoms with Crippen molar-refractivity contribution in [2.24, 2.45) is 11.8 Å². The molecule has 0 heterocycles. The van der Waals surface area contributed by atoms with Crippen molar-refractivity contribution in [3.63, 3.8) is 0 Å². The molecule has 0 aromatic heterocycles. The van der Waals surface area contributed by atoms with Crippen molar-refractivity contribution in [3.8, 4) is 0 Å². The Morgan fingerprint density at radius 1 is 1.50 bits per heavy atom. The smallest absolute Gasteiger partial charge is 0.136 e. The Bertz CT molecular complexity index is 203. The number of hydrogen-bond donors (Lipinski definition) is 0. The average Bonchev–Trinajstić information content (AvgIpc) is 2.07. The number of hydrogen-bond acceptors (Lipinski definition) is 1. The van der Waals surface area contributed by atoms with E-state index >= 15 is 0 Å². The van der Waals surface area contributed by atoms with E-state index < -0.39 is 0 Å². The minimum Gasteiger partial charge on any atom is -0.299 e. The van der Waals surface area contributed by atoms with Gasteiger partial charge in [-0.05, 0) is 25.7 Å². The van der Waals surface area contributed by atoms with Crippen LogP contribution in [0.5, 0.6) is 0 Å². The van der Waals surface area contributed by atoms with Crippen LogP contribution in [0.3, 0.4) is 0 Å². The van der Waals surface area contributed by atoms with Crippen LogP contribution in [0.25, 0.3) is 0 Å². The van der Waals surface area contributed by atoms with Crippen LogP contribution in [-0.4, -0.2) is 5.78 Å². The number of carbonyl (C=O) groups is 1. The van der Waals surface area contributed by atoms with Crippen LogP contribution < -0.4 is 0 Å². The van der Waals surface area contributed by atoms with E-state index in [-0.39, 0.29) is 0 Å². The quantitative estimate of drug-likeness (QED) is 0.465. The Balaban J connectivity index is 2.26. The van der Waals surface area contributed by atoms with Crippen molar-refractivity contribution >= 4 is 5.78 Å². The lowest BCUT2D eigenvalue weighted by molar-refractivity contribution is -0.120. The maximum atomic E-state index is 11.2. The fraction of sp³-hybridized carbons (Fsp3) is 0.667. The van der Waals surface area contributed by atoms with Gasteiger partial charge >= 0.3 is 0 Å². The van der Waals surface area contributed by atoms with Crippen molar-refractivity contribution in [1.29, 1.82) is 0 Å². The van der Waals surface area contributed by atoms with Gasteiger partial charge in [-0.25, -0.2) is 0 Å². The molecule has 1 nitrogen and oxygen atoms in total. The molecule has 0 aromatic carbocycles. The molecule has 0 radical (unpaired) electrons. The van der Waals surface area contributed by atoms with Gasteiger partial charge in [-0.3, -0.25) is 4.79 Å². The summed E-state index contributed by atoms with van der Waals surface area (Å²) in [7, 11) is 0. The minimum absolute atomic E-state index is 0.398. The molecule has 2 bridgehead atoms. The van der Waals surface area contributed by atoms with Crippen LogP contribution >= 0.6 is 0 Å². The monoisotopic (exact) mass is 136 g/mol.